The molecule has 2 aromatic rings. The Bertz CT molecular complexity index is 1210. The van der Waals surface area contributed by atoms with Crippen molar-refractivity contribution in [3.8, 4) is 11.5 Å². The Morgan fingerprint density at radius 2 is 1.92 bits per heavy atom. The van der Waals surface area contributed by atoms with Gasteiger partial charge in [0.15, 0.2) is 0 Å². The Labute approximate surface area is 221 Å². The van der Waals surface area contributed by atoms with Gasteiger partial charge in [0.1, 0.15) is 18.1 Å². The van der Waals surface area contributed by atoms with Crippen LogP contribution in [0.4, 0.5) is 0 Å². The fourth-order valence-electron chi connectivity index (χ4n) is 5.02. The maximum Gasteiger partial charge on any atom is 0.488 e. The van der Waals surface area contributed by atoms with E-state index in [9.17, 15) is 24.7 Å². The summed E-state index contributed by atoms with van der Waals surface area (Å²) in [5.74, 6) is -0.275. The Morgan fingerprint density at radius 3 is 2.47 bits per heavy atom. The predicted octanol–water partition coefficient (Wildman–Crippen LogP) is -0.184. The zero-order valence-corrected chi connectivity index (χ0v) is 21.4. The Hall–Kier alpha value is -3.61. The van der Waals surface area contributed by atoms with Crippen LogP contribution in [0, 0.1) is 5.41 Å². The van der Waals surface area contributed by atoms with Gasteiger partial charge in [-0.25, -0.2) is 0 Å². The number of nitrogens with one attached hydrogen (secondary N) is 1. The smallest absolute Gasteiger partial charge is 0.488 e. The number of rotatable bonds is 10. The molecule has 0 radical (unpaired) electrons. The lowest BCUT2D eigenvalue weighted by Crippen LogP contribution is -2.58. The number of primary amides is 1. The number of aromatic nitrogens is 1. The van der Waals surface area contributed by atoms with Gasteiger partial charge in [-0.05, 0) is 74.7 Å². The van der Waals surface area contributed by atoms with Crippen LogP contribution < -0.4 is 31.7 Å². The van der Waals surface area contributed by atoms with Gasteiger partial charge in [-0.1, -0.05) is 6.07 Å². The van der Waals surface area contributed by atoms with Crippen molar-refractivity contribution in [3.63, 3.8) is 0 Å². The topological polar surface area (TPSA) is 190 Å². The number of ether oxygens (including phenoxy) is 2. The molecule has 12 heteroatoms. The number of amides is 2. The lowest BCUT2D eigenvalue weighted by Gasteiger charge is -2.57. The highest BCUT2D eigenvalue weighted by Crippen LogP contribution is 2.57. The summed E-state index contributed by atoms with van der Waals surface area (Å²) in [6.07, 6.45) is 5.62. The molecule has 2 fully saturated rings. The summed E-state index contributed by atoms with van der Waals surface area (Å²) >= 11 is 0. The van der Waals surface area contributed by atoms with Crippen molar-refractivity contribution in [3.05, 3.63) is 54.0 Å². The number of hydrogen-bond acceptors (Lipinski definition) is 9. The third-order valence-electron chi connectivity index (χ3n) is 6.89. The first-order valence-corrected chi connectivity index (χ1v) is 12.4. The van der Waals surface area contributed by atoms with Crippen molar-refractivity contribution in [2.75, 3.05) is 6.61 Å². The van der Waals surface area contributed by atoms with E-state index in [2.05, 4.69) is 10.3 Å². The van der Waals surface area contributed by atoms with Crippen molar-refractivity contribution in [2.24, 2.45) is 16.9 Å². The first-order valence-electron chi connectivity index (χ1n) is 12.4. The maximum atomic E-state index is 12.9. The molecule has 202 valence electrons. The second-order valence-electron chi connectivity index (χ2n) is 10.8. The first kappa shape index (κ1) is 27.4. The molecule has 1 aromatic heterocycles. The Balaban J connectivity index is 1.27. The van der Waals surface area contributed by atoms with Crippen LogP contribution in [0.15, 0.2) is 42.7 Å². The van der Waals surface area contributed by atoms with Crippen LogP contribution in [0.1, 0.15) is 55.6 Å². The molecule has 1 aromatic carbocycles. The van der Waals surface area contributed by atoms with E-state index in [1.165, 1.54) is 30.6 Å². The fraction of sp³-hybridized carbons (Fsp3) is 0.423. The second-order valence-corrected chi connectivity index (χ2v) is 10.8. The van der Waals surface area contributed by atoms with Crippen LogP contribution >= 0.6 is 0 Å². The lowest BCUT2D eigenvalue weighted by atomic mass is 9.53. The summed E-state index contributed by atoms with van der Waals surface area (Å²) in [6.45, 7) is 3.38. The molecule has 0 unspecified atom stereocenters. The molecule has 0 bridgehead atoms. The van der Waals surface area contributed by atoms with E-state index in [1.807, 2.05) is 0 Å². The maximum absolute atomic E-state index is 12.9. The molecule has 1 spiro atoms. The second kappa shape index (κ2) is 10.6. The number of carbonyl (C=O) groups excluding carboxylic acids is 2. The van der Waals surface area contributed by atoms with Crippen LogP contribution in [0.25, 0.3) is 5.57 Å². The summed E-state index contributed by atoms with van der Waals surface area (Å²) in [7, 11) is -1.68. The van der Waals surface area contributed by atoms with Crippen molar-refractivity contribution < 1.29 is 34.2 Å². The molecule has 0 aliphatic heterocycles. The van der Waals surface area contributed by atoms with Gasteiger partial charge in [-0.15, -0.1) is 0 Å². The van der Waals surface area contributed by atoms with E-state index in [0.29, 0.717) is 11.4 Å². The third kappa shape index (κ3) is 6.26. The average Bonchev–Trinajstić information content (AvgIpc) is 2.80. The zero-order chi connectivity index (χ0) is 27.7. The van der Waals surface area contributed by atoms with Gasteiger partial charge in [0.25, 0.3) is 11.8 Å². The minimum Gasteiger partial charge on any atom is -0.490 e. The quantitative estimate of drug-likeness (QED) is 0.181. The number of aliphatic hydroxyl groups is 1. The number of hydrogen-bond donors (Lipinski definition) is 6. The molecule has 8 N–H and O–H groups in total. The van der Waals surface area contributed by atoms with Crippen LogP contribution in [-0.2, 0) is 4.79 Å². The van der Waals surface area contributed by atoms with Gasteiger partial charge in [0, 0.05) is 12.2 Å². The van der Waals surface area contributed by atoms with Gasteiger partial charge in [0.05, 0.1) is 34.7 Å². The van der Waals surface area contributed by atoms with E-state index < -0.39 is 18.6 Å². The fourth-order valence-corrected chi connectivity index (χ4v) is 5.02. The molecule has 2 amide bonds. The van der Waals surface area contributed by atoms with E-state index in [4.69, 9.17) is 20.9 Å². The minimum absolute atomic E-state index is 0.0122. The number of benzene rings is 1. The van der Waals surface area contributed by atoms with Crippen molar-refractivity contribution in [2.45, 2.75) is 57.3 Å². The number of nitrogens with zero attached hydrogens (tertiary/aromatic N) is 1. The molecule has 1 heterocycles. The molecule has 38 heavy (non-hydrogen) atoms. The summed E-state index contributed by atoms with van der Waals surface area (Å²) in [6, 6.07) is 7.54. The standard InChI is InChI=1S/C26H33BN4O7/c1-25(2,34)14-37-17-4-6-21(30-13-17)20(12-28)24(33)31-16-8-26(9-16)10-18(11-26)38-22-7-15(27(35)36)3-5-19(22)23(29)32/h3-7,12-13,16,18,34-36H,8-11,14,28H2,1-2H3,(H2,29,32)(H,31,33). The average molecular weight is 524 g/mol. The van der Waals surface area contributed by atoms with Crippen molar-refractivity contribution in [1.29, 1.82) is 0 Å². The van der Waals surface area contributed by atoms with Gasteiger partial charge in [0.2, 0.25) is 0 Å². The molecule has 2 saturated carbocycles. The molecule has 2 aliphatic rings. The van der Waals surface area contributed by atoms with Crippen LogP contribution in [0.3, 0.4) is 0 Å². The molecular weight excluding hydrogens is 491 g/mol. The van der Waals surface area contributed by atoms with E-state index in [-0.39, 0.29) is 52.4 Å². The van der Waals surface area contributed by atoms with Crippen molar-refractivity contribution >= 4 is 30.0 Å². The van der Waals surface area contributed by atoms with Gasteiger partial charge < -0.3 is 41.4 Å². The Morgan fingerprint density at radius 1 is 1.21 bits per heavy atom. The summed E-state index contributed by atoms with van der Waals surface area (Å²) < 4.78 is 11.5. The van der Waals surface area contributed by atoms with Crippen LogP contribution in [0.5, 0.6) is 11.5 Å². The summed E-state index contributed by atoms with van der Waals surface area (Å²) in [4.78, 5) is 28.9. The van der Waals surface area contributed by atoms with Gasteiger partial charge in [-0.2, -0.15) is 0 Å². The van der Waals surface area contributed by atoms with E-state index in [0.717, 1.165) is 25.7 Å². The van der Waals surface area contributed by atoms with E-state index in [1.54, 1.807) is 26.0 Å². The third-order valence-corrected chi connectivity index (χ3v) is 6.89. The number of nitrogens with two attached hydrogens (primary N) is 2. The van der Waals surface area contributed by atoms with Gasteiger partial charge in [-0.3, -0.25) is 14.6 Å². The highest BCUT2D eigenvalue weighted by Gasteiger charge is 2.54. The Kier molecular flexibility index (Phi) is 7.68. The van der Waals surface area contributed by atoms with Crippen LogP contribution in [0.2, 0.25) is 0 Å². The van der Waals surface area contributed by atoms with Crippen molar-refractivity contribution in [1.82, 2.24) is 10.3 Å². The summed E-state index contributed by atoms with van der Waals surface area (Å²) in [5.41, 5.74) is 11.3. The molecule has 0 atom stereocenters. The zero-order valence-electron chi connectivity index (χ0n) is 21.4. The number of carbonyl (C=O) groups is 2. The predicted molar refractivity (Wildman–Crippen MR) is 140 cm³/mol. The largest absolute Gasteiger partial charge is 0.490 e. The summed E-state index contributed by atoms with van der Waals surface area (Å²) in [5, 5.41) is 31.6. The molecule has 0 saturated heterocycles. The highest BCUT2D eigenvalue weighted by molar-refractivity contribution is 6.58. The number of pyridine rings is 1. The SMILES string of the molecule is CC(C)(O)COc1ccc(C(=CN)C(=O)NC2CC3(C2)CC(Oc2cc(B(O)O)ccc2C(N)=O)C3)nc1. The highest BCUT2D eigenvalue weighted by atomic mass is 16.5. The lowest BCUT2D eigenvalue weighted by molar-refractivity contribution is -0.122. The minimum atomic E-state index is -1.68. The normalized spacial score (nSPS) is 22.7. The molecular formula is C26H33BN4O7. The monoisotopic (exact) mass is 524 g/mol. The van der Waals surface area contributed by atoms with Gasteiger partial charge >= 0.3 is 7.12 Å². The molecule has 4 rings (SSSR count). The molecule has 11 nitrogen and oxygen atoms in total. The first-order chi connectivity index (χ1) is 17.9. The van der Waals surface area contributed by atoms with E-state index >= 15 is 0 Å². The molecule has 2 aliphatic carbocycles. The van der Waals surface area contributed by atoms with Crippen LogP contribution in [-0.4, -0.2) is 63.4 Å².